The van der Waals surface area contributed by atoms with E-state index in [1.165, 1.54) is 6.26 Å². The van der Waals surface area contributed by atoms with Crippen molar-refractivity contribution in [3.63, 3.8) is 0 Å². The zero-order chi connectivity index (χ0) is 20.0. The predicted octanol–water partition coefficient (Wildman–Crippen LogP) is 2.66. The lowest BCUT2D eigenvalue weighted by Gasteiger charge is -2.29. The van der Waals surface area contributed by atoms with Gasteiger partial charge in [-0.1, -0.05) is 26.0 Å². The summed E-state index contributed by atoms with van der Waals surface area (Å²) in [5.41, 5.74) is 1.86. The average molecular weight is 510 g/mol. The van der Waals surface area contributed by atoms with E-state index >= 15 is 0 Å². The van der Waals surface area contributed by atoms with E-state index in [1.807, 2.05) is 26.0 Å². The van der Waals surface area contributed by atoms with Gasteiger partial charge in [0.2, 0.25) is 0 Å². The van der Waals surface area contributed by atoms with Gasteiger partial charge in [0.05, 0.1) is 11.4 Å². The average Bonchev–Trinajstić information content (AvgIpc) is 2.47. The molecule has 8 heteroatoms. The molecule has 2 N–H and O–H groups in total. The lowest BCUT2D eigenvalue weighted by molar-refractivity contribution is 0.241. The minimum absolute atomic E-state index is 0. The number of hydrogen-bond donors (Lipinski definition) is 2. The summed E-state index contributed by atoms with van der Waals surface area (Å²) in [5.74, 6) is 0.768. The topological polar surface area (TPSA) is 73.8 Å². The molecule has 0 radical (unpaired) electrons. The van der Waals surface area contributed by atoms with Gasteiger partial charge < -0.3 is 15.5 Å². The van der Waals surface area contributed by atoms with E-state index in [4.69, 9.17) is 0 Å². The van der Waals surface area contributed by atoms with Gasteiger partial charge in [-0.3, -0.25) is 0 Å². The molecule has 1 aromatic rings. The monoisotopic (exact) mass is 510 g/mol. The van der Waals surface area contributed by atoms with E-state index in [0.29, 0.717) is 11.4 Å². The second kappa shape index (κ2) is 11.2. The maximum Gasteiger partial charge on any atom is 0.191 e. The highest BCUT2D eigenvalue weighted by molar-refractivity contribution is 14.0. The summed E-state index contributed by atoms with van der Waals surface area (Å²) >= 11 is 0. The lowest BCUT2D eigenvalue weighted by Crippen LogP contribution is -2.44. The molecule has 0 saturated carbocycles. The van der Waals surface area contributed by atoms with Gasteiger partial charge in [-0.25, -0.2) is 13.4 Å². The highest BCUT2D eigenvalue weighted by atomic mass is 127. The molecule has 0 aliphatic heterocycles. The van der Waals surface area contributed by atoms with Gasteiger partial charge in [-0.05, 0) is 50.6 Å². The van der Waals surface area contributed by atoms with E-state index in [1.54, 1.807) is 6.07 Å². The zero-order valence-corrected chi connectivity index (χ0v) is 20.7. The molecule has 0 aliphatic rings. The van der Waals surface area contributed by atoms with Gasteiger partial charge in [0.15, 0.2) is 15.8 Å². The molecule has 0 spiro atoms. The number of sulfone groups is 1. The molecule has 0 aliphatic carbocycles. The van der Waals surface area contributed by atoms with Gasteiger partial charge in [-0.15, -0.1) is 24.0 Å². The van der Waals surface area contributed by atoms with Crippen molar-refractivity contribution in [1.29, 1.82) is 0 Å². The number of aryl methyl sites for hydroxylation is 1. The number of rotatable bonds is 8. The molecule has 0 unspecified atom stereocenters. The summed E-state index contributed by atoms with van der Waals surface area (Å²) in [6.45, 7) is 11.4. The van der Waals surface area contributed by atoms with Crippen molar-refractivity contribution < 1.29 is 8.42 Å². The second-order valence-electron chi connectivity index (χ2n) is 7.82. The Labute approximate surface area is 182 Å². The van der Waals surface area contributed by atoms with E-state index in [0.717, 1.165) is 36.7 Å². The largest absolute Gasteiger partial charge is 0.357 e. The molecular formula is C19H35IN4O2S. The van der Waals surface area contributed by atoms with Gasteiger partial charge in [0, 0.05) is 25.9 Å². The van der Waals surface area contributed by atoms with Crippen molar-refractivity contribution >= 4 is 39.8 Å². The van der Waals surface area contributed by atoms with Crippen LogP contribution in [-0.4, -0.2) is 59.3 Å². The number of halogens is 1. The Balaban J connectivity index is 0.00000676. The molecular weight excluding hydrogens is 475 g/mol. The number of guanidine groups is 1. The maximum absolute atomic E-state index is 11.7. The van der Waals surface area contributed by atoms with Crippen molar-refractivity contribution in [3.05, 3.63) is 29.3 Å². The van der Waals surface area contributed by atoms with Crippen LogP contribution in [0.15, 0.2) is 28.1 Å². The molecule has 0 aromatic heterocycles. The molecule has 1 rings (SSSR count). The van der Waals surface area contributed by atoms with Gasteiger partial charge >= 0.3 is 0 Å². The summed E-state index contributed by atoms with van der Waals surface area (Å²) in [7, 11) is 0.956. The van der Waals surface area contributed by atoms with Crippen LogP contribution in [0.5, 0.6) is 0 Å². The lowest BCUT2D eigenvalue weighted by atomic mass is 9.93. The van der Waals surface area contributed by atoms with Crippen LogP contribution in [-0.2, 0) is 16.4 Å². The highest BCUT2D eigenvalue weighted by Crippen LogP contribution is 2.17. The number of aliphatic imine (C=N–C) groups is 1. The van der Waals surface area contributed by atoms with E-state index in [2.05, 4.69) is 48.5 Å². The summed E-state index contributed by atoms with van der Waals surface area (Å²) in [5, 5.41) is 6.66. The smallest absolute Gasteiger partial charge is 0.191 e. The second-order valence-corrected chi connectivity index (χ2v) is 9.81. The van der Waals surface area contributed by atoms with Crippen LogP contribution in [0.3, 0.4) is 0 Å². The number of nitrogens with zero attached hydrogens (tertiary/aromatic N) is 2. The normalized spacial score (nSPS) is 12.7. The first-order chi connectivity index (χ1) is 11.9. The van der Waals surface area contributed by atoms with Crippen LogP contribution in [0.1, 0.15) is 31.9 Å². The molecule has 6 nitrogen and oxygen atoms in total. The maximum atomic E-state index is 11.7. The molecule has 0 bridgehead atoms. The quantitative estimate of drug-likeness (QED) is 0.320. The summed E-state index contributed by atoms with van der Waals surface area (Å²) in [6.07, 6.45) is 1.23. The molecule has 0 atom stereocenters. The Morgan fingerprint density at radius 3 is 2.33 bits per heavy atom. The Morgan fingerprint density at radius 2 is 1.85 bits per heavy atom. The molecule has 0 saturated heterocycles. The molecule has 27 heavy (non-hydrogen) atoms. The zero-order valence-electron chi connectivity index (χ0n) is 17.6. The van der Waals surface area contributed by atoms with Crippen molar-refractivity contribution in [1.82, 2.24) is 15.5 Å². The minimum atomic E-state index is -3.19. The fraction of sp³-hybridized carbons (Fsp3) is 0.632. The number of hydrogen-bond acceptors (Lipinski definition) is 4. The highest BCUT2D eigenvalue weighted by Gasteiger charge is 2.19. The summed E-state index contributed by atoms with van der Waals surface area (Å²) < 4.78 is 23.4. The van der Waals surface area contributed by atoms with Crippen molar-refractivity contribution in [3.8, 4) is 0 Å². The summed E-state index contributed by atoms with van der Waals surface area (Å²) in [6, 6.07) is 5.38. The van der Waals surface area contributed by atoms with Crippen LogP contribution in [0.2, 0.25) is 0 Å². The Kier molecular flexibility index (Phi) is 10.8. The third-order valence-electron chi connectivity index (χ3n) is 3.88. The fourth-order valence-corrected chi connectivity index (χ4v) is 3.93. The first kappa shape index (κ1) is 26.1. The van der Waals surface area contributed by atoms with E-state index < -0.39 is 9.84 Å². The molecule has 156 valence electrons. The van der Waals surface area contributed by atoms with E-state index in [9.17, 15) is 8.42 Å². The molecule has 0 heterocycles. The minimum Gasteiger partial charge on any atom is -0.357 e. The number of benzene rings is 1. The van der Waals surface area contributed by atoms with Gasteiger partial charge in [0.25, 0.3) is 0 Å². The number of nitrogens with one attached hydrogen (secondary N) is 2. The van der Waals surface area contributed by atoms with E-state index in [-0.39, 0.29) is 29.4 Å². The van der Waals surface area contributed by atoms with Crippen molar-refractivity contribution in [2.75, 3.05) is 40.0 Å². The fourth-order valence-electron chi connectivity index (χ4n) is 2.97. The molecule has 1 aromatic carbocycles. The standard InChI is InChI=1S/C19H34N4O2S.HI/c1-8-20-18(22-13-19(3,4)14-23(5)6)21-12-16-9-10-17(15(2)11-16)26(7,24)25;/h9-11H,8,12-14H2,1-7H3,(H2,20,21,22);1H. The van der Waals surface area contributed by atoms with Crippen LogP contribution < -0.4 is 10.6 Å². The van der Waals surface area contributed by atoms with Crippen molar-refractivity contribution in [2.24, 2.45) is 10.4 Å². The molecule has 0 fully saturated rings. The van der Waals surface area contributed by atoms with Crippen LogP contribution in [0, 0.1) is 12.3 Å². The Morgan fingerprint density at radius 1 is 1.22 bits per heavy atom. The third kappa shape index (κ3) is 9.75. The van der Waals surface area contributed by atoms with Crippen LogP contribution in [0.4, 0.5) is 0 Å². The third-order valence-corrected chi connectivity index (χ3v) is 5.14. The van der Waals surface area contributed by atoms with Crippen LogP contribution >= 0.6 is 24.0 Å². The Bertz CT molecular complexity index is 731. The molecule has 0 amide bonds. The van der Waals surface area contributed by atoms with Gasteiger partial charge in [-0.2, -0.15) is 0 Å². The first-order valence-electron chi connectivity index (χ1n) is 8.91. The van der Waals surface area contributed by atoms with Crippen LogP contribution in [0.25, 0.3) is 0 Å². The van der Waals surface area contributed by atoms with Crippen molar-refractivity contribution in [2.45, 2.75) is 39.1 Å². The summed E-state index contributed by atoms with van der Waals surface area (Å²) in [4.78, 5) is 7.18. The first-order valence-corrected chi connectivity index (χ1v) is 10.8. The Hall–Kier alpha value is -0.870. The SMILES string of the molecule is CCNC(=NCc1ccc(S(C)(=O)=O)c(C)c1)NCC(C)(C)CN(C)C.I. The predicted molar refractivity (Wildman–Crippen MR) is 125 cm³/mol. The van der Waals surface area contributed by atoms with Gasteiger partial charge in [0.1, 0.15) is 0 Å².